The monoisotopic (exact) mass is 233 g/mol. The average molecular weight is 233 g/mol. The van der Waals surface area contributed by atoms with Gasteiger partial charge in [0.2, 0.25) is 5.88 Å². The van der Waals surface area contributed by atoms with E-state index in [9.17, 15) is 10.1 Å². The molecule has 0 aliphatic heterocycles. The number of aryl methyl sites for hydroxylation is 2. The number of benzene rings is 1. The molecule has 0 atom stereocenters. The lowest BCUT2D eigenvalue weighted by Crippen LogP contribution is -1.95. The molecule has 0 amide bonds. The Morgan fingerprint density at radius 1 is 1.35 bits per heavy atom. The molecule has 0 N–H and O–H groups in total. The van der Waals surface area contributed by atoms with Crippen LogP contribution in [0.5, 0.6) is 11.6 Å². The van der Waals surface area contributed by atoms with Crippen LogP contribution in [0.1, 0.15) is 5.69 Å². The molecule has 1 aromatic heterocycles. The third kappa shape index (κ3) is 2.41. The number of hydrogen-bond donors (Lipinski definition) is 0. The minimum Gasteiger partial charge on any atom is -0.439 e. The minimum atomic E-state index is -0.446. The highest BCUT2D eigenvalue weighted by molar-refractivity contribution is 5.37. The van der Waals surface area contributed by atoms with Gasteiger partial charge in [-0.1, -0.05) is 0 Å². The van der Waals surface area contributed by atoms with Gasteiger partial charge in [-0.2, -0.15) is 5.10 Å². The van der Waals surface area contributed by atoms with E-state index in [4.69, 9.17) is 4.74 Å². The van der Waals surface area contributed by atoms with E-state index in [-0.39, 0.29) is 5.69 Å². The molecule has 17 heavy (non-hydrogen) atoms. The topological polar surface area (TPSA) is 70.2 Å². The van der Waals surface area contributed by atoms with Crippen LogP contribution in [0.3, 0.4) is 0 Å². The molecule has 0 spiro atoms. The van der Waals surface area contributed by atoms with E-state index in [0.29, 0.717) is 11.6 Å². The Hall–Kier alpha value is -2.37. The third-order valence-electron chi connectivity index (χ3n) is 2.23. The second-order valence-corrected chi connectivity index (χ2v) is 3.60. The summed E-state index contributed by atoms with van der Waals surface area (Å²) < 4.78 is 7.15. The van der Waals surface area contributed by atoms with Crippen LogP contribution in [-0.4, -0.2) is 14.7 Å². The van der Waals surface area contributed by atoms with Crippen molar-refractivity contribution in [3.05, 3.63) is 46.1 Å². The number of nitro groups is 1. The molecule has 0 radical (unpaired) electrons. The van der Waals surface area contributed by atoms with Crippen molar-refractivity contribution in [2.45, 2.75) is 6.92 Å². The fourth-order valence-electron chi connectivity index (χ4n) is 1.44. The summed E-state index contributed by atoms with van der Waals surface area (Å²) in [5, 5.41) is 14.6. The van der Waals surface area contributed by atoms with Gasteiger partial charge in [-0.3, -0.25) is 10.1 Å². The van der Waals surface area contributed by atoms with Crippen molar-refractivity contribution in [3.63, 3.8) is 0 Å². The van der Waals surface area contributed by atoms with Gasteiger partial charge in [-0.25, -0.2) is 4.68 Å². The average Bonchev–Trinajstić information content (AvgIpc) is 2.58. The zero-order valence-corrected chi connectivity index (χ0v) is 9.45. The number of nitrogens with zero attached hydrogens (tertiary/aromatic N) is 3. The summed E-state index contributed by atoms with van der Waals surface area (Å²) in [6.07, 6.45) is 0. The van der Waals surface area contributed by atoms with Gasteiger partial charge in [0.25, 0.3) is 5.69 Å². The first-order chi connectivity index (χ1) is 8.06. The van der Waals surface area contributed by atoms with Crippen molar-refractivity contribution in [1.29, 1.82) is 0 Å². The van der Waals surface area contributed by atoms with Gasteiger partial charge in [0.15, 0.2) is 0 Å². The lowest BCUT2D eigenvalue weighted by molar-refractivity contribution is -0.384. The fourth-order valence-corrected chi connectivity index (χ4v) is 1.44. The Labute approximate surface area is 97.6 Å². The third-order valence-corrected chi connectivity index (χ3v) is 2.23. The number of nitro benzene ring substituents is 1. The van der Waals surface area contributed by atoms with Crippen LogP contribution in [0, 0.1) is 17.0 Å². The number of ether oxygens (including phenoxy) is 1. The van der Waals surface area contributed by atoms with Gasteiger partial charge in [0, 0.05) is 25.2 Å². The van der Waals surface area contributed by atoms with Gasteiger partial charge in [-0.15, -0.1) is 0 Å². The number of non-ortho nitro benzene ring substituents is 1. The Balaban J connectivity index is 2.19. The van der Waals surface area contributed by atoms with E-state index in [2.05, 4.69) is 5.10 Å². The largest absolute Gasteiger partial charge is 0.439 e. The standard InChI is InChI=1S/C11H11N3O3/c1-8-7-11(13(2)12-8)17-10-5-3-9(4-6-10)14(15)16/h3-7H,1-2H3. The maximum atomic E-state index is 10.5. The maximum Gasteiger partial charge on any atom is 0.269 e. The molecule has 2 rings (SSSR count). The van der Waals surface area contributed by atoms with Gasteiger partial charge >= 0.3 is 0 Å². The van der Waals surface area contributed by atoms with Crippen molar-refractivity contribution in [3.8, 4) is 11.6 Å². The zero-order chi connectivity index (χ0) is 12.4. The number of hydrogen-bond acceptors (Lipinski definition) is 4. The lowest BCUT2D eigenvalue weighted by Gasteiger charge is -2.04. The second-order valence-electron chi connectivity index (χ2n) is 3.60. The van der Waals surface area contributed by atoms with Crippen molar-refractivity contribution < 1.29 is 9.66 Å². The van der Waals surface area contributed by atoms with Crippen molar-refractivity contribution in [1.82, 2.24) is 9.78 Å². The van der Waals surface area contributed by atoms with E-state index in [0.717, 1.165) is 5.69 Å². The molecule has 0 fully saturated rings. The highest BCUT2D eigenvalue weighted by atomic mass is 16.6. The van der Waals surface area contributed by atoms with Crippen molar-refractivity contribution in [2.24, 2.45) is 7.05 Å². The van der Waals surface area contributed by atoms with Crippen LogP contribution >= 0.6 is 0 Å². The molecule has 2 aromatic rings. The summed E-state index contributed by atoms with van der Waals surface area (Å²) in [6.45, 7) is 1.86. The van der Waals surface area contributed by atoms with Crippen LogP contribution in [0.4, 0.5) is 5.69 Å². The van der Waals surface area contributed by atoms with Crippen LogP contribution < -0.4 is 4.74 Å². The lowest BCUT2D eigenvalue weighted by atomic mass is 10.3. The normalized spacial score (nSPS) is 10.2. The summed E-state index contributed by atoms with van der Waals surface area (Å²) >= 11 is 0. The Bertz CT molecular complexity index is 546. The minimum absolute atomic E-state index is 0.0403. The molecule has 6 nitrogen and oxygen atoms in total. The zero-order valence-electron chi connectivity index (χ0n) is 9.45. The molecule has 6 heteroatoms. The first kappa shape index (κ1) is 11.1. The summed E-state index contributed by atoms with van der Waals surface area (Å²) in [7, 11) is 1.77. The van der Waals surface area contributed by atoms with Crippen molar-refractivity contribution >= 4 is 5.69 Å². The Morgan fingerprint density at radius 2 is 2.00 bits per heavy atom. The maximum absolute atomic E-state index is 10.5. The molecule has 88 valence electrons. The number of aromatic nitrogens is 2. The van der Waals surface area contributed by atoms with E-state index >= 15 is 0 Å². The van der Waals surface area contributed by atoms with E-state index in [1.165, 1.54) is 12.1 Å². The van der Waals surface area contributed by atoms with E-state index in [1.54, 1.807) is 29.9 Å². The van der Waals surface area contributed by atoms with Crippen LogP contribution in [0.15, 0.2) is 30.3 Å². The summed E-state index contributed by atoms with van der Waals surface area (Å²) in [6, 6.07) is 7.71. The highest BCUT2D eigenvalue weighted by Gasteiger charge is 2.07. The molecular formula is C11H11N3O3. The fraction of sp³-hybridized carbons (Fsp3) is 0.182. The predicted octanol–water partition coefficient (Wildman–Crippen LogP) is 2.43. The molecule has 0 aliphatic rings. The van der Waals surface area contributed by atoms with Crippen molar-refractivity contribution in [2.75, 3.05) is 0 Å². The molecule has 0 saturated carbocycles. The predicted molar refractivity (Wildman–Crippen MR) is 61.1 cm³/mol. The second kappa shape index (κ2) is 4.25. The molecule has 1 heterocycles. The van der Waals surface area contributed by atoms with E-state index < -0.39 is 4.92 Å². The molecule has 0 saturated heterocycles. The first-order valence-electron chi connectivity index (χ1n) is 4.99. The van der Waals surface area contributed by atoms with E-state index in [1.807, 2.05) is 6.92 Å². The quantitative estimate of drug-likeness (QED) is 0.603. The molecule has 1 aromatic carbocycles. The van der Waals surface area contributed by atoms with Gasteiger partial charge < -0.3 is 4.74 Å². The summed E-state index contributed by atoms with van der Waals surface area (Å²) in [5.41, 5.74) is 0.892. The van der Waals surface area contributed by atoms with Crippen LogP contribution in [0.2, 0.25) is 0 Å². The van der Waals surface area contributed by atoms with Gasteiger partial charge in [-0.05, 0) is 19.1 Å². The summed E-state index contributed by atoms with van der Waals surface area (Å²) in [5.74, 6) is 1.13. The van der Waals surface area contributed by atoms with Gasteiger partial charge in [0.05, 0.1) is 10.6 Å². The molecule has 0 bridgehead atoms. The Kier molecular flexibility index (Phi) is 2.78. The molecule has 0 unspecified atom stereocenters. The Morgan fingerprint density at radius 3 is 2.47 bits per heavy atom. The molecule has 0 aliphatic carbocycles. The number of rotatable bonds is 3. The first-order valence-corrected chi connectivity index (χ1v) is 4.99. The highest BCUT2D eigenvalue weighted by Crippen LogP contribution is 2.23. The molecular weight excluding hydrogens is 222 g/mol. The van der Waals surface area contributed by atoms with Crippen LogP contribution in [-0.2, 0) is 7.05 Å². The summed E-state index contributed by atoms with van der Waals surface area (Å²) in [4.78, 5) is 10.0. The van der Waals surface area contributed by atoms with Crippen LogP contribution in [0.25, 0.3) is 0 Å². The smallest absolute Gasteiger partial charge is 0.269 e. The van der Waals surface area contributed by atoms with Gasteiger partial charge in [0.1, 0.15) is 5.75 Å². The SMILES string of the molecule is Cc1cc(Oc2ccc([N+](=O)[O-])cc2)n(C)n1.